The maximum absolute atomic E-state index is 12.8. The first-order chi connectivity index (χ1) is 26.5. The van der Waals surface area contributed by atoms with Gasteiger partial charge in [0.1, 0.15) is 6.10 Å². The summed E-state index contributed by atoms with van der Waals surface area (Å²) in [6, 6.07) is -0.667. The molecule has 0 radical (unpaired) electrons. The van der Waals surface area contributed by atoms with Gasteiger partial charge in [-0.2, -0.15) is 0 Å². The Balaban J connectivity index is 3.90. The minimum absolute atomic E-state index is 0.117. The van der Waals surface area contributed by atoms with Gasteiger partial charge in [-0.1, -0.05) is 239 Å². The SMILES string of the molecule is CCCCCCCCCCCCCCCCCCCCCCCCC[14C](=O)N[C@@H](CO[C@H](O)[C@@H](O)CO)[C@H](O)CCCCCCCCCCCCCCC. The minimum Gasteiger partial charge on any atom is -0.393 e. The maximum Gasteiger partial charge on any atom is 0.220 e. The van der Waals surface area contributed by atoms with E-state index in [1.54, 1.807) is 0 Å². The van der Waals surface area contributed by atoms with Crippen LogP contribution in [0.4, 0.5) is 0 Å². The first-order valence-electron chi connectivity index (χ1n) is 24.0. The molecule has 7 nitrogen and oxygen atoms in total. The summed E-state index contributed by atoms with van der Waals surface area (Å²) >= 11 is 0. The molecule has 0 unspecified atom stereocenters. The van der Waals surface area contributed by atoms with Crippen LogP contribution in [0.2, 0.25) is 0 Å². The van der Waals surface area contributed by atoms with Crippen LogP contribution < -0.4 is 5.32 Å². The standard InChI is InChI=1S/C47H95NO6/c1-3-5-7-9-11-13-15-17-18-19-20-21-22-23-24-25-26-28-30-32-34-36-38-40-46(52)48-43(42-54-47(53)45(51)41-49)44(50)39-37-35-33-31-29-27-16-14-12-10-8-6-4-2/h43-45,47,49-51,53H,3-42H2,1-2H3,(H,48,52)/t43-,44+,45-,47-/m0/s1/i46+2. The van der Waals surface area contributed by atoms with E-state index in [-0.39, 0.29) is 12.5 Å². The number of unbranched alkanes of at least 4 members (excludes halogenated alkanes) is 34. The normalized spacial score (nSPS) is 14.0. The second-order valence-corrected chi connectivity index (χ2v) is 16.8. The zero-order valence-corrected chi connectivity index (χ0v) is 36.2. The first kappa shape index (κ1) is 53.3. The van der Waals surface area contributed by atoms with Crippen LogP contribution in [0.3, 0.4) is 0 Å². The van der Waals surface area contributed by atoms with Gasteiger partial charge in [-0.05, 0) is 12.8 Å². The van der Waals surface area contributed by atoms with Crippen molar-refractivity contribution in [1.82, 2.24) is 5.32 Å². The predicted octanol–water partition coefficient (Wildman–Crippen LogP) is 12.4. The third-order valence-electron chi connectivity index (χ3n) is 11.4. The summed E-state index contributed by atoms with van der Waals surface area (Å²) < 4.78 is 5.32. The van der Waals surface area contributed by atoms with E-state index in [0.29, 0.717) is 12.8 Å². The molecule has 0 spiro atoms. The highest BCUT2D eigenvalue weighted by atomic mass is 16.6. The topological polar surface area (TPSA) is 119 Å². The molecule has 0 aliphatic carbocycles. The Morgan fingerprint density at radius 3 is 1.06 bits per heavy atom. The molecule has 0 rings (SSSR count). The average molecular weight is 772 g/mol. The van der Waals surface area contributed by atoms with Crippen LogP contribution in [0.25, 0.3) is 0 Å². The zero-order chi connectivity index (χ0) is 39.6. The molecule has 0 saturated heterocycles. The van der Waals surface area contributed by atoms with Gasteiger partial charge in [0, 0.05) is 6.42 Å². The summed E-state index contributed by atoms with van der Waals surface area (Å²) in [4.78, 5) is 12.8. The van der Waals surface area contributed by atoms with Crippen LogP contribution in [-0.4, -0.2) is 64.1 Å². The van der Waals surface area contributed by atoms with E-state index in [9.17, 15) is 20.1 Å². The van der Waals surface area contributed by atoms with Crippen LogP contribution in [0.1, 0.15) is 258 Å². The van der Waals surface area contributed by atoms with Gasteiger partial charge < -0.3 is 30.5 Å². The highest BCUT2D eigenvalue weighted by Gasteiger charge is 2.24. The third-order valence-corrected chi connectivity index (χ3v) is 11.4. The van der Waals surface area contributed by atoms with Crippen molar-refractivity contribution >= 4 is 5.91 Å². The van der Waals surface area contributed by atoms with E-state index in [2.05, 4.69) is 19.2 Å². The van der Waals surface area contributed by atoms with Crippen LogP contribution in [-0.2, 0) is 9.53 Å². The number of carbonyl (C=O) groups is 1. The summed E-state index contributed by atoms with van der Waals surface area (Å²) in [6.07, 6.45) is 44.3. The van der Waals surface area contributed by atoms with Crippen LogP contribution in [0.15, 0.2) is 0 Å². The van der Waals surface area contributed by atoms with Gasteiger partial charge >= 0.3 is 0 Å². The van der Waals surface area contributed by atoms with E-state index >= 15 is 0 Å². The number of ether oxygens (including phenoxy) is 1. The lowest BCUT2D eigenvalue weighted by molar-refractivity contribution is -0.178. The number of hydrogen-bond donors (Lipinski definition) is 5. The molecule has 0 aromatic heterocycles. The largest absolute Gasteiger partial charge is 0.393 e. The highest BCUT2D eigenvalue weighted by Crippen LogP contribution is 2.17. The zero-order valence-electron chi connectivity index (χ0n) is 36.2. The number of rotatable bonds is 45. The molecule has 0 heterocycles. The Morgan fingerprint density at radius 1 is 0.444 bits per heavy atom. The van der Waals surface area contributed by atoms with E-state index in [4.69, 9.17) is 9.84 Å². The predicted molar refractivity (Wildman–Crippen MR) is 230 cm³/mol. The molecule has 0 fully saturated rings. The lowest BCUT2D eigenvalue weighted by Crippen LogP contribution is -2.48. The molecular formula is C47H95NO6. The van der Waals surface area contributed by atoms with Gasteiger partial charge in [0.15, 0.2) is 6.29 Å². The smallest absolute Gasteiger partial charge is 0.220 e. The van der Waals surface area contributed by atoms with Crippen LogP contribution in [0.5, 0.6) is 0 Å². The lowest BCUT2D eigenvalue weighted by atomic mass is 10.0. The van der Waals surface area contributed by atoms with Crippen molar-refractivity contribution in [2.24, 2.45) is 0 Å². The molecule has 0 aliphatic rings. The van der Waals surface area contributed by atoms with Crippen molar-refractivity contribution in [3.8, 4) is 0 Å². The summed E-state index contributed by atoms with van der Waals surface area (Å²) in [5.41, 5.74) is 0. The van der Waals surface area contributed by atoms with Crippen molar-refractivity contribution in [2.75, 3.05) is 13.2 Å². The van der Waals surface area contributed by atoms with E-state index in [1.165, 1.54) is 193 Å². The number of hydrogen-bond acceptors (Lipinski definition) is 6. The fraction of sp³-hybridized carbons (Fsp3) is 0.979. The molecule has 0 saturated carbocycles. The fourth-order valence-corrected chi connectivity index (χ4v) is 7.57. The van der Waals surface area contributed by atoms with Gasteiger partial charge in [0.05, 0.1) is 25.4 Å². The van der Waals surface area contributed by atoms with E-state index < -0.39 is 31.1 Å². The van der Waals surface area contributed by atoms with Gasteiger partial charge in [0.2, 0.25) is 5.91 Å². The van der Waals surface area contributed by atoms with Gasteiger partial charge in [0.25, 0.3) is 0 Å². The summed E-state index contributed by atoms with van der Waals surface area (Å²) in [7, 11) is 0. The lowest BCUT2D eigenvalue weighted by Gasteiger charge is -2.26. The number of aliphatic hydroxyl groups excluding tert-OH is 4. The number of carbonyl (C=O) groups excluding carboxylic acids is 1. The Hall–Kier alpha value is -0.730. The number of amides is 1. The summed E-state index contributed by atoms with van der Waals surface area (Å²) in [6.45, 7) is 3.80. The average Bonchev–Trinajstić information content (AvgIpc) is 3.17. The van der Waals surface area contributed by atoms with Gasteiger partial charge in [-0.3, -0.25) is 4.79 Å². The Kier molecular flexibility index (Phi) is 42.8. The molecule has 0 aromatic rings. The summed E-state index contributed by atoms with van der Waals surface area (Å²) in [5, 5.41) is 42.6. The third kappa shape index (κ3) is 38.2. The van der Waals surface area contributed by atoms with Crippen molar-refractivity contribution in [3.63, 3.8) is 0 Å². The minimum atomic E-state index is -1.57. The van der Waals surface area contributed by atoms with Crippen molar-refractivity contribution in [2.45, 2.75) is 282 Å². The molecule has 7 heteroatoms. The van der Waals surface area contributed by atoms with Crippen molar-refractivity contribution in [1.29, 1.82) is 0 Å². The van der Waals surface area contributed by atoms with Crippen LogP contribution in [0, 0.1) is 0 Å². The monoisotopic (exact) mass is 772 g/mol. The highest BCUT2D eigenvalue weighted by molar-refractivity contribution is 5.76. The summed E-state index contributed by atoms with van der Waals surface area (Å²) in [5.74, 6) is -0.117. The van der Waals surface area contributed by atoms with Crippen molar-refractivity contribution in [3.05, 3.63) is 0 Å². The van der Waals surface area contributed by atoms with Gasteiger partial charge in [-0.15, -0.1) is 0 Å². The molecule has 4 atom stereocenters. The van der Waals surface area contributed by atoms with Crippen LogP contribution >= 0.6 is 0 Å². The molecule has 324 valence electrons. The molecule has 5 N–H and O–H groups in total. The second kappa shape index (κ2) is 43.4. The van der Waals surface area contributed by atoms with Gasteiger partial charge in [-0.25, -0.2) is 0 Å². The Labute approximate surface area is 336 Å². The number of aliphatic hydroxyl groups is 4. The second-order valence-electron chi connectivity index (χ2n) is 16.8. The van der Waals surface area contributed by atoms with E-state index in [0.717, 1.165) is 38.5 Å². The molecule has 1 amide bonds. The molecular weight excluding hydrogens is 677 g/mol. The molecule has 0 aromatic carbocycles. The number of nitrogens with one attached hydrogen (secondary N) is 1. The Morgan fingerprint density at radius 2 is 0.741 bits per heavy atom. The van der Waals surface area contributed by atoms with Crippen molar-refractivity contribution < 1.29 is 30.0 Å². The quantitative estimate of drug-likeness (QED) is 0.0311. The fourth-order valence-electron chi connectivity index (χ4n) is 7.57. The molecule has 0 bridgehead atoms. The molecule has 54 heavy (non-hydrogen) atoms. The Bertz CT molecular complexity index is 739. The molecule has 0 aliphatic heterocycles. The first-order valence-corrected chi connectivity index (χ1v) is 24.0. The maximum atomic E-state index is 12.8. The van der Waals surface area contributed by atoms with E-state index in [1.807, 2.05) is 0 Å².